The van der Waals surface area contributed by atoms with Gasteiger partial charge in [0.05, 0.1) is 10.6 Å². The second-order valence-electron chi connectivity index (χ2n) is 2.81. The lowest BCUT2D eigenvalue weighted by molar-refractivity contribution is 0.563. The molecular formula is C9H6N2O4S. The van der Waals surface area contributed by atoms with Crippen LogP contribution in [0, 0.1) is 6.92 Å². The fourth-order valence-corrected chi connectivity index (χ4v) is 1.73. The normalized spacial score (nSPS) is 10.1. The van der Waals surface area contributed by atoms with Crippen LogP contribution in [0.4, 0.5) is 5.69 Å². The van der Waals surface area contributed by atoms with Crippen molar-refractivity contribution in [2.24, 2.45) is 9.39 Å². The van der Waals surface area contributed by atoms with Gasteiger partial charge in [0.2, 0.25) is 6.08 Å². The van der Waals surface area contributed by atoms with Gasteiger partial charge in [-0.05, 0) is 24.6 Å². The van der Waals surface area contributed by atoms with E-state index >= 15 is 0 Å². The fourth-order valence-electron chi connectivity index (χ4n) is 1.02. The van der Waals surface area contributed by atoms with Crippen LogP contribution in [0.15, 0.2) is 32.5 Å². The first-order valence-electron chi connectivity index (χ1n) is 4.04. The summed E-state index contributed by atoms with van der Waals surface area (Å²) in [4.78, 5) is 23.1. The summed E-state index contributed by atoms with van der Waals surface area (Å²) in [5.41, 5.74) is 0.773. The predicted molar refractivity (Wildman–Crippen MR) is 54.3 cm³/mol. The highest BCUT2D eigenvalue weighted by Gasteiger charge is 2.13. The number of hydrogen-bond acceptors (Lipinski definition) is 5. The van der Waals surface area contributed by atoms with Gasteiger partial charge < -0.3 is 0 Å². The Labute approximate surface area is 91.4 Å². The second kappa shape index (κ2) is 4.63. The first-order valence-corrected chi connectivity index (χ1v) is 5.48. The van der Waals surface area contributed by atoms with Crippen molar-refractivity contribution < 1.29 is 18.0 Å². The number of nitrogens with zero attached hydrogens (tertiary/aromatic N) is 2. The highest BCUT2D eigenvalue weighted by molar-refractivity contribution is 7.90. The lowest BCUT2D eigenvalue weighted by atomic mass is 10.2. The number of isocyanates is 2. The van der Waals surface area contributed by atoms with Crippen molar-refractivity contribution in [3.63, 3.8) is 0 Å². The van der Waals surface area contributed by atoms with E-state index in [1.807, 2.05) is 0 Å². The van der Waals surface area contributed by atoms with Crippen LogP contribution in [-0.2, 0) is 19.6 Å². The minimum atomic E-state index is -4.06. The quantitative estimate of drug-likeness (QED) is 0.579. The Bertz CT molecular complexity index is 608. The van der Waals surface area contributed by atoms with Gasteiger partial charge in [-0.1, -0.05) is 10.5 Å². The van der Waals surface area contributed by atoms with Gasteiger partial charge in [0.1, 0.15) is 0 Å². The van der Waals surface area contributed by atoms with Crippen LogP contribution in [0.25, 0.3) is 0 Å². The highest BCUT2D eigenvalue weighted by Crippen LogP contribution is 2.23. The molecule has 0 spiro atoms. The molecule has 0 heterocycles. The van der Waals surface area contributed by atoms with E-state index in [-0.39, 0.29) is 10.6 Å². The van der Waals surface area contributed by atoms with Crippen molar-refractivity contribution in [2.45, 2.75) is 11.8 Å². The summed E-state index contributed by atoms with van der Waals surface area (Å²) in [7, 11) is -4.06. The smallest absolute Gasteiger partial charge is 0.211 e. The van der Waals surface area contributed by atoms with Gasteiger partial charge in [0.25, 0.3) is 16.1 Å². The van der Waals surface area contributed by atoms with Crippen molar-refractivity contribution >= 4 is 27.9 Å². The van der Waals surface area contributed by atoms with E-state index in [0.29, 0.717) is 5.56 Å². The number of hydrogen-bond donors (Lipinski definition) is 0. The molecule has 0 saturated heterocycles. The van der Waals surface area contributed by atoms with Gasteiger partial charge in [-0.25, -0.2) is 9.59 Å². The molecule has 0 aliphatic heterocycles. The number of aryl methyl sites for hydroxylation is 1. The third-order valence-corrected chi connectivity index (χ3v) is 2.97. The zero-order valence-electron chi connectivity index (χ0n) is 8.17. The minimum absolute atomic E-state index is 0.164. The van der Waals surface area contributed by atoms with Gasteiger partial charge in [-0.15, -0.1) is 0 Å². The standard InChI is InChI=1S/C9H6N2O4S/c1-7-2-3-8(4-9(7)10-5-12)16(14,15)11-6-13/h2-4H,1H3. The van der Waals surface area contributed by atoms with Crippen LogP contribution < -0.4 is 0 Å². The molecule has 1 aromatic carbocycles. The second-order valence-corrected chi connectivity index (χ2v) is 4.41. The molecule has 1 rings (SSSR count). The maximum Gasteiger partial charge on any atom is 0.292 e. The molecule has 0 bridgehead atoms. The Balaban J connectivity index is 3.44. The molecule has 0 atom stereocenters. The molecule has 0 radical (unpaired) electrons. The monoisotopic (exact) mass is 238 g/mol. The predicted octanol–water partition coefficient (Wildman–Crippen LogP) is 0.987. The Kier molecular flexibility index (Phi) is 3.48. The summed E-state index contributed by atoms with van der Waals surface area (Å²) in [6, 6.07) is 3.84. The molecule has 0 amide bonds. The Hall–Kier alpha value is -2.07. The number of benzene rings is 1. The van der Waals surface area contributed by atoms with Gasteiger partial charge >= 0.3 is 0 Å². The molecule has 6 nitrogen and oxygen atoms in total. The molecule has 0 saturated carbocycles. The average molecular weight is 238 g/mol. The lowest BCUT2D eigenvalue weighted by Crippen LogP contribution is -1.96. The molecule has 1 aromatic rings. The van der Waals surface area contributed by atoms with Crippen molar-refractivity contribution in [1.29, 1.82) is 0 Å². The van der Waals surface area contributed by atoms with E-state index in [4.69, 9.17) is 0 Å². The fraction of sp³-hybridized carbons (Fsp3) is 0.111. The molecule has 0 aromatic heterocycles. The summed E-state index contributed by atoms with van der Waals surface area (Å²) in [6.45, 7) is 1.65. The summed E-state index contributed by atoms with van der Waals surface area (Å²) < 4.78 is 25.3. The Morgan fingerprint density at radius 1 is 1.19 bits per heavy atom. The van der Waals surface area contributed by atoms with Gasteiger partial charge in [-0.2, -0.15) is 13.4 Å². The van der Waals surface area contributed by atoms with Crippen molar-refractivity contribution in [1.82, 2.24) is 0 Å². The SMILES string of the molecule is Cc1ccc(S(=O)(=O)N=C=O)cc1N=C=O. The molecule has 0 aliphatic rings. The van der Waals surface area contributed by atoms with Crippen LogP contribution in [0.1, 0.15) is 5.56 Å². The maximum atomic E-state index is 11.3. The topological polar surface area (TPSA) is 93.0 Å². The summed E-state index contributed by atoms with van der Waals surface area (Å²) >= 11 is 0. The van der Waals surface area contributed by atoms with Crippen LogP contribution in [0.5, 0.6) is 0 Å². The summed E-state index contributed by atoms with van der Waals surface area (Å²) in [6.07, 6.45) is 2.26. The summed E-state index contributed by atoms with van der Waals surface area (Å²) in [5.74, 6) is 0. The van der Waals surface area contributed by atoms with Crippen LogP contribution in [0.2, 0.25) is 0 Å². The molecule has 82 valence electrons. The molecule has 0 aliphatic carbocycles. The maximum absolute atomic E-state index is 11.3. The number of carbonyl (C=O) groups excluding carboxylic acids is 2. The Morgan fingerprint density at radius 3 is 2.44 bits per heavy atom. The van der Waals surface area contributed by atoms with E-state index in [1.165, 1.54) is 18.2 Å². The van der Waals surface area contributed by atoms with Crippen LogP contribution in [-0.4, -0.2) is 20.6 Å². The molecule has 16 heavy (non-hydrogen) atoms. The van der Waals surface area contributed by atoms with Gasteiger partial charge in [0, 0.05) is 0 Å². The molecule has 0 unspecified atom stereocenters. The average Bonchev–Trinajstić information content (AvgIpc) is 2.21. The highest BCUT2D eigenvalue weighted by atomic mass is 32.2. The van der Waals surface area contributed by atoms with Crippen LogP contribution >= 0.6 is 0 Å². The van der Waals surface area contributed by atoms with E-state index < -0.39 is 10.0 Å². The molecule has 7 heteroatoms. The molecule has 0 N–H and O–H groups in total. The van der Waals surface area contributed by atoms with Gasteiger partial charge in [-0.3, -0.25) is 0 Å². The van der Waals surface area contributed by atoms with Crippen molar-refractivity contribution in [2.75, 3.05) is 0 Å². The summed E-state index contributed by atoms with van der Waals surface area (Å²) in [5, 5.41) is 0. The van der Waals surface area contributed by atoms with Crippen molar-refractivity contribution in [3.8, 4) is 0 Å². The van der Waals surface area contributed by atoms with E-state index in [9.17, 15) is 18.0 Å². The van der Waals surface area contributed by atoms with Crippen molar-refractivity contribution in [3.05, 3.63) is 23.8 Å². The zero-order valence-corrected chi connectivity index (χ0v) is 8.98. The number of aliphatic imine (C=N–C) groups is 1. The molecule has 0 fully saturated rings. The lowest BCUT2D eigenvalue weighted by Gasteiger charge is -2.00. The third-order valence-electron chi connectivity index (χ3n) is 1.80. The number of sulfonamides is 1. The molecular weight excluding hydrogens is 232 g/mol. The van der Waals surface area contributed by atoms with E-state index in [0.717, 1.165) is 12.1 Å². The first kappa shape index (κ1) is 12.0. The third kappa shape index (κ3) is 2.49. The van der Waals surface area contributed by atoms with E-state index in [2.05, 4.69) is 9.39 Å². The zero-order chi connectivity index (χ0) is 12.2. The van der Waals surface area contributed by atoms with Gasteiger partial charge in [0.15, 0.2) is 0 Å². The van der Waals surface area contributed by atoms with E-state index in [1.54, 1.807) is 6.92 Å². The Morgan fingerprint density at radius 2 is 1.88 bits per heavy atom. The van der Waals surface area contributed by atoms with Crippen LogP contribution in [0.3, 0.4) is 0 Å². The largest absolute Gasteiger partial charge is 0.292 e. The minimum Gasteiger partial charge on any atom is -0.211 e. The first-order chi connectivity index (χ1) is 7.51. The number of rotatable bonds is 3.